The maximum absolute atomic E-state index is 12.2. The van der Waals surface area contributed by atoms with Gasteiger partial charge in [0, 0.05) is 39.4 Å². The number of thiazole rings is 1. The Labute approximate surface area is 152 Å². The first-order valence-corrected chi connectivity index (χ1v) is 8.97. The minimum absolute atomic E-state index is 0.0460. The van der Waals surface area contributed by atoms with Crippen LogP contribution < -0.4 is 5.32 Å². The molecule has 0 atom stereocenters. The van der Waals surface area contributed by atoms with E-state index in [9.17, 15) is 14.9 Å². The van der Waals surface area contributed by atoms with Crippen LogP contribution in [0.5, 0.6) is 0 Å². The van der Waals surface area contributed by atoms with E-state index in [1.54, 1.807) is 23.1 Å². The minimum atomic E-state index is -0.498. The van der Waals surface area contributed by atoms with Crippen LogP contribution in [0.1, 0.15) is 16.1 Å². The Bertz CT molecular complexity index is 906. The number of nitrogens with one attached hydrogen (secondary N) is 1. The molecule has 0 saturated heterocycles. The molecule has 1 N–H and O–H groups in total. The van der Waals surface area contributed by atoms with E-state index in [4.69, 9.17) is 0 Å². The van der Waals surface area contributed by atoms with Gasteiger partial charge in [-0.15, -0.1) is 11.3 Å². The molecule has 6 nitrogen and oxygen atoms in total. The fourth-order valence-corrected chi connectivity index (χ4v) is 3.83. The molecule has 126 valence electrons. The van der Waals surface area contributed by atoms with Crippen molar-refractivity contribution in [2.45, 2.75) is 16.2 Å². The maximum Gasteiger partial charge on any atom is 0.269 e. The molecule has 8 heteroatoms. The molecule has 0 radical (unpaired) electrons. The highest BCUT2D eigenvalue weighted by Gasteiger charge is 2.10. The number of aryl methyl sites for hydroxylation is 1. The van der Waals surface area contributed by atoms with Gasteiger partial charge in [-0.2, -0.15) is 0 Å². The van der Waals surface area contributed by atoms with Crippen LogP contribution >= 0.6 is 23.1 Å². The number of nitrogens with zero attached hydrogens (tertiary/aromatic N) is 2. The Morgan fingerprint density at radius 3 is 2.40 bits per heavy atom. The molecule has 3 aromatic rings. The van der Waals surface area contributed by atoms with Crippen molar-refractivity contribution in [3.8, 4) is 0 Å². The van der Waals surface area contributed by atoms with E-state index in [2.05, 4.69) is 10.3 Å². The number of nitro groups is 1. The molecule has 0 aliphatic rings. The van der Waals surface area contributed by atoms with Crippen LogP contribution in [0.25, 0.3) is 0 Å². The monoisotopic (exact) mass is 371 g/mol. The zero-order valence-corrected chi connectivity index (χ0v) is 14.8. The van der Waals surface area contributed by atoms with Crippen molar-refractivity contribution in [3.05, 3.63) is 75.3 Å². The number of benzene rings is 2. The number of non-ortho nitro benzene ring substituents is 1. The van der Waals surface area contributed by atoms with Gasteiger partial charge in [-0.1, -0.05) is 11.8 Å². The Balaban J connectivity index is 1.64. The molecular formula is C17H13N3O3S2. The van der Waals surface area contributed by atoms with Crippen molar-refractivity contribution < 1.29 is 9.72 Å². The van der Waals surface area contributed by atoms with E-state index in [1.165, 1.54) is 24.3 Å². The third kappa shape index (κ3) is 4.43. The van der Waals surface area contributed by atoms with Gasteiger partial charge in [0.15, 0.2) is 4.34 Å². The van der Waals surface area contributed by atoms with Crippen LogP contribution in [-0.2, 0) is 0 Å². The lowest BCUT2D eigenvalue weighted by molar-refractivity contribution is -0.384. The van der Waals surface area contributed by atoms with Crippen molar-refractivity contribution in [3.63, 3.8) is 0 Å². The summed E-state index contributed by atoms with van der Waals surface area (Å²) in [4.78, 5) is 27.7. The molecule has 0 aliphatic carbocycles. The summed E-state index contributed by atoms with van der Waals surface area (Å²) in [6.07, 6.45) is 0. The van der Waals surface area contributed by atoms with Gasteiger partial charge in [0.05, 0.1) is 4.92 Å². The Hall–Kier alpha value is -2.71. The fourth-order valence-electron chi connectivity index (χ4n) is 2.02. The lowest BCUT2D eigenvalue weighted by atomic mass is 10.2. The highest BCUT2D eigenvalue weighted by atomic mass is 32.2. The average Bonchev–Trinajstić information content (AvgIpc) is 3.01. The Morgan fingerprint density at radius 1 is 1.16 bits per heavy atom. The normalized spacial score (nSPS) is 10.4. The second kappa shape index (κ2) is 7.45. The van der Waals surface area contributed by atoms with Crippen LogP contribution in [0.2, 0.25) is 0 Å². The number of aromatic nitrogens is 1. The Kier molecular flexibility index (Phi) is 5.11. The second-order valence-electron chi connectivity index (χ2n) is 5.14. The predicted octanol–water partition coefficient (Wildman–Crippen LogP) is 4.76. The maximum atomic E-state index is 12.2. The molecule has 1 heterocycles. The van der Waals surface area contributed by atoms with Gasteiger partial charge in [0.2, 0.25) is 0 Å². The highest BCUT2D eigenvalue weighted by Crippen LogP contribution is 2.30. The van der Waals surface area contributed by atoms with Gasteiger partial charge in [-0.25, -0.2) is 4.98 Å². The van der Waals surface area contributed by atoms with Gasteiger partial charge in [-0.3, -0.25) is 14.9 Å². The van der Waals surface area contributed by atoms with Gasteiger partial charge in [0.25, 0.3) is 11.6 Å². The van der Waals surface area contributed by atoms with Crippen LogP contribution in [0.15, 0.2) is 63.1 Å². The van der Waals surface area contributed by atoms with E-state index >= 15 is 0 Å². The molecule has 0 spiro atoms. The van der Waals surface area contributed by atoms with Crippen molar-refractivity contribution in [1.29, 1.82) is 0 Å². The first-order valence-electron chi connectivity index (χ1n) is 7.27. The number of carbonyl (C=O) groups is 1. The van der Waals surface area contributed by atoms with Gasteiger partial charge >= 0.3 is 0 Å². The van der Waals surface area contributed by atoms with Crippen molar-refractivity contribution >= 4 is 40.4 Å². The molecule has 1 aromatic heterocycles. The van der Waals surface area contributed by atoms with Gasteiger partial charge in [-0.05, 0) is 43.3 Å². The van der Waals surface area contributed by atoms with Crippen LogP contribution in [0.3, 0.4) is 0 Å². The molecule has 3 rings (SSSR count). The number of hydrogen-bond donors (Lipinski definition) is 1. The summed E-state index contributed by atoms with van der Waals surface area (Å²) in [5.74, 6) is -0.314. The summed E-state index contributed by atoms with van der Waals surface area (Å²) in [6, 6.07) is 12.9. The average molecular weight is 371 g/mol. The summed E-state index contributed by atoms with van der Waals surface area (Å²) in [5, 5.41) is 15.4. The first-order chi connectivity index (χ1) is 12.0. The van der Waals surface area contributed by atoms with Gasteiger partial charge in [0.1, 0.15) is 0 Å². The first kappa shape index (κ1) is 17.1. The predicted molar refractivity (Wildman–Crippen MR) is 98.5 cm³/mol. The quantitative estimate of drug-likeness (QED) is 0.516. The number of rotatable bonds is 5. The third-order valence-corrected chi connectivity index (χ3v) is 5.32. The Morgan fingerprint density at radius 2 is 1.84 bits per heavy atom. The molecule has 0 saturated carbocycles. The van der Waals surface area contributed by atoms with Crippen molar-refractivity contribution in [1.82, 2.24) is 4.98 Å². The topological polar surface area (TPSA) is 85.1 Å². The largest absolute Gasteiger partial charge is 0.322 e. The van der Waals surface area contributed by atoms with Gasteiger partial charge < -0.3 is 5.32 Å². The van der Waals surface area contributed by atoms with Crippen LogP contribution in [-0.4, -0.2) is 15.8 Å². The molecule has 25 heavy (non-hydrogen) atoms. The van der Waals surface area contributed by atoms with E-state index in [-0.39, 0.29) is 11.6 Å². The molecule has 0 fully saturated rings. The second-order valence-corrected chi connectivity index (χ2v) is 7.32. The van der Waals surface area contributed by atoms with Crippen molar-refractivity contribution in [2.24, 2.45) is 0 Å². The third-order valence-electron chi connectivity index (χ3n) is 3.26. The summed E-state index contributed by atoms with van der Waals surface area (Å²) in [5.41, 5.74) is 1.97. The standard InChI is InChI=1S/C17H13N3O3S2/c1-11-10-24-17(18-11)25-15-8-4-13(5-9-15)19-16(21)12-2-6-14(7-3-12)20(22)23/h2-10H,1H3,(H,19,21). The van der Waals surface area contributed by atoms with E-state index in [0.29, 0.717) is 11.3 Å². The molecule has 1 amide bonds. The zero-order valence-electron chi connectivity index (χ0n) is 13.1. The lowest BCUT2D eigenvalue weighted by Crippen LogP contribution is -2.11. The lowest BCUT2D eigenvalue weighted by Gasteiger charge is -2.06. The van der Waals surface area contributed by atoms with E-state index in [1.807, 2.05) is 36.6 Å². The van der Waals surface area contributed by atoms with Crippen LogP contribution in [0, 0.1) is 17.0 Å². The SMILES string of the molecule is Cc1csc(Sc2ccc(NC(=O)c3ccc([N+](=O)[O-])cc3)cc2)n1. The van der Waals surface area contributed by atoms with E-state index in [0.717, 1.165) is 14.9 Å². The number of anilines is 1. The number of amides is 1. The van der Waals surface area contributed by atoms with E-state index < -0.39 is 4.92 Å². The zero-order chi connectivity index (χ0) is 17.8. The summed E-state index contributed by atoms with van der Waals surface area (Å²) < 4.78 is 0.972. The smallest absolute Gasteiger partial charge is 0.269 e. The fraction of sp³-hybridized carbons (Fsp3) is 0.0588. The summed E-state index contributed by atoms with van der Waals surface area (Å²) in [6.45, 7) is 1.96. The molecular weight excluding hydrogens is 358 g/mol. The molecule has 0 aliphatic heterocycles. The minimum Gasteiger partial charge on any atom is -0.322 e. The molecule has 2 aromatic carbocycles. The summed E-state index contributed by atoms with van der Waals surface area (Å²) >= 11 is 3.16. The number of hydrogen-bond acceptors (Lipinski definition) is 6. The summed E-state index contributed by atoms with van der Waals surface area (Å²) in [7, 11) is 0. The van der Waals surface area contributed by atoms with Crippen molar-refractivity contribution in [2.75, 3.05) is 5.32 Å². The number of carbonyl (C=O) groups excluding carboxylic acids is 1. The van der Waals surface area contributed by atoms with Crippen LogP contribution in [0.4, 0.5) is 11.4 Å². The highest BCUT2D eigenvalue weighted by molar-refractivity contribution is 8.01. The molecule has 0 bridgehead atoms. The molecule has 0 unspecified atom stereocenters. The number of nitro benzene ring substituents is 1.